The van der Waals surface area contributed by atoms with Crippen molar-refractivity contribution in [2.24, 2.45) is 0 Å². The lowest BCUT2D eigenvalue weighted by atomic mass is 10.1. The van der Waals surface area contributed by atoms with Crippen LogP contribution in [0.2, 0.25) is 0 Å². The minimum atomic E-state index is -0.678. The van der Waals surface area contributed by atoms with Crippen LogP contribution < -0.4 is 5.32 Å². The van der Waals surface area contributed by atoms with Crippen molar-refractivity contribution in [3.63, 3.8) is 0 Å². The average molecular weight is 323 g/mol. The van der Waals surface area contributed by atoms with E-state index in [2.05, 4.69) is 15.0 Å². The Hall–Kier alpha value is -3.48. The molecule has 3 rings (SSSR count). The van der Waals surface area contributed by atoms with Crippen molar-refractivity contribution < 1.29 is 14.5 Å². The Morgan fingerprint density at radius 2 is 1.92 bits per heavy atom. The number of hydrogen-bond donors (Lipinski definition) is 1. The maximum Gasteiger partial charge on any atom is 0.339 e. The van der Waals surface area contributed by atoms with Crippen LogP contribution in [-0.4, -0.2) is 23.0 Å². The van der Waals surface area contributed by atoms with Crippen molar-refractivity contribution in [3.05, 3.63) is 70.4 Å². The van der Waals surface area contributed by atoms with Crippen LogP contribution in [0, 0.1) is 10.1 Å². The lowest BCUT2D eigenvalue weighted by molar-refractivity contribution is -0.384. The molecule has 0 aliphatic heterocycles. The highest BCUT2D eigenvalue weighted by atomic mass is 16.6. The van der Waals surface area contributed by atoms with Gasteiger partial charge in [0.15, 0.2) is 0 Å². The van der Waals surface area contributed by atoms with Gasteiger partial charge in [0.1, 0.15) is 0 Å². The summed E-state index contributed by atoms with van der Waals surface area (Å²) in [6.07, 6.45) is 1.24. The van der Waals surface area contributed by atoms with Crippen LogP contribution in [0.1, 0.15) is 10.4 Å². The monoisotopic (exact) mass is 323 g/mol. The van der Waals surface area contributed by atoms with E-state index in [-0.39, 0.29) is 17.1 Å². The molecule has 0 bridgehead atoms. The summed E-state index contributed by atoms with van der Waals surface area (Å²) in [4.78, 5) is 26.2. The number of carbonyl (C=O) groups is 1. The molecule has 0 atom stereocenters. The van der Waals surface area contributed by atoms with Crippen LogP contribution in [0.4, 0.5) is 17.2 Å². The number of hydrogen-bond acceptors (Lipinski definition) is 6. The van der Waals surface area contributed by atoms with E-state index in [9.17, 15) is 14.9 Å². The minimum Gasteiger partial charge on any atom is -0.465 e. The van der Waals surface area contributed by atoms with Crippen LogP contribution in [0.25, 0.3) is 10.8 Å². The van der Waals surface area contributed by atoms with Gasteiger partial charge in [0.25, 0.3) is 0 Å². The molecule has 0 aliphatic carbocycles. The van der Waals surface area contributed by atoms with Crippen molar-refractivity contribution in [1.29, 1.82) is 0 Å². The first kappa shape index (κ1) is 15.4. The summed E-state index contributed by atoms with van der Waals surface area (Å²) in [6, 6.07) is 14.5. The standard InChI is InChI=1S/C17H13N3O4/c1-24-17(21)13-9-15(20(22)23)16(18-10-13)19-14-7-6-11-4-2-3-5-12(11)8-14/h2-10H,1H3,(H,18,19). The third-order valence-corrected chi connectivity index (χ3v) is 3.50. The molecule has 3 aromatic rings. The molecular formula is C17H13N3O4. The number of pyridine rings is 1. The zero-order chi connectivity index (χ0) is 17.1. The fraction of sp³-hybridized carbons (Fsp3) is 0.0588. The third kappa shape index (κ3) is 3.00. The number of nitrogens with one attached hydrogen (secondary N) is 1. The lowest BCUT2D eigenvalue weighted by Crippen LogP contribution is -2.06. The van der Waals surface area contributed by atoms with Crippen LogP contribution in [0.5, 0.6) is 0 Å². The Bertz CT molecular complexity index is 940. The number of esters is 1. The molecule has 0 saturated carbocycles. The molecule has 0 spiro atoms. The Labute approximate surface area is 137 Å². The van der Waals surface area contributed by atoms with E-state index in [1.54, 1.807) is 0 Å². The van der Waals surface area contributed by atoms with E-state index in [0.29, 0.717) is 5.69 Å². The van der Waals surface area contributed by atoms with E-state index < -0.39 is 10.9 Å². The summed E-state index contributed by atoms with van der Waals surface area (Å²) < 4.78 is 4.56. The maximum atomic E-state index is 11.5. The summed E-state index contributed by atoms with van der Waals surface area (Å²) in [5, 5.41) is 16.2. The second-order valence-electron chi connectivity index (χ2n) is 5.03. The van der Waals surface area contributed by atoms with Crippen LogP contribution in [0.15, 0.2) is 54.7 Å². The van der Waals surface area contributed by atoms with Gasteiger partial charge < -0.3 is 10.1 Å². The van der Waals surface area contributed by atoms with Crippen LogP contribution in [0.3, 0.4) is 0 Å². The number of ether oxygens (including phenoxy) is 1. The molecule has 1 N–H and O–H groups in total. The van der Waals surface area contributed by atoms with Gasteiger partial charge in [-0.2, -0.15) is 0 Å². The third-order valence-electron chi connectivity index (χ3n) is 3.50. The SMILES string of the molecule is COC(=O)c1cnc(Nc2ccc3ccccc3c2)c([N+](=O)[O-])c1. The number of nitrogens with zero attached hydrogens (tertiary/aromatic N) is 2. The van der Waals surface area contributed by atoms with Crippen molar-refractivity contribution in [1.82, 2.24) is 4.98 Å². The number of aromatic nitrogens is 1. The first-order chi connectivity index (χ1) is 11.6. The van der Waals surface area contributed by atoms with E-state index >= 15 is 0 Å². The molecular weight excluding hydrogens is 310 g/mol. The van der Waals surface area contributed by atoms with Gasteiger partial charge in [-0.05, 0) is 22.9 Å². The highest BCUT2D eigenvalue weighted by Crippen LogP contribution is 2.28. The van der Waals surface area contributed by atoms with Crippen molar-refractivity contribution >= 4 is 33.9 Å². The van der Waals surface area contributed by atoms with Crippen molar-refractivity contribution in [2.45, 2.75) is 0 Å². The largest absolute Gasteiger partial charge is 0.465 e. The van der Waals surface area contributed by atoms with Gasteiger partial charge >= 0.3 is 11.7 Å². The second-order valence-corrected chi connectivity index (χ2v) is 5.03. The first-order valence-electron chi connectivity index (χ1n) is 7.07. The molecule has 1 heterocycles. The molecule has 7 heteroatoms. The second kappa shape index (κ2) is 6.33. The topological polar surface area (TPSA) is 94.4 Å². The molecule has 120 valence electrons. The zero-order valence-electron chi connectivity index (χ0n) is 12.7. The van der Waals surface area contributed by atoms with Crippen LogP contribution in [-0.2, 0) is 4.74 Å². The summed E-state index contributed by atoms with van der Waals surface area (Å²) in [6.45, 7) is 0. The van der Waals surface area contributed by atoms with Gasteiger partial charge in [-0.1, -0.05) is 30.3 Å². The van der Waals surface area contributed by atoms with Gasteiger partial charge in [-0.15, -0.1) is 0 Å². The first-order valence-corrected chi connectivity index (χ1v) is 7.07. The van der Waals surface area contributed by atoms with E-state index in [1.807, 2.05) is 42.5 Å². The number of rotatable bonds is 4. The molecule has 24 heavy (non-hydrogen) atoms. The van der Waals surface area contributed by atoms with Crippen molar-refractivity contribution in [2.75, 3.05) is 12.4 Å². The van der Waals surface area contributed by atoms with Gasteiger partial charge in [-0.3, -0.25) is 10.1 Å². The quantitative estimate of drug-likeness (QED) is 0.447. The molecule has 0 fully saturated rings. The van der Waals surface area contributed by atoms with Gasteiger partial charge in [0.05, 0.1) is 17.6 Å². The Balaban J connectivity index is 1.98. The molecule has 0 aliphatic rings. The maximum absolute atomic E-state index is 11.5. The minimum absolute atomic E-state index is 0.0215. The zero-order valence-corrected chi connectivity index (χ0v) is 12.7. The number of nitro groups is 1. The van der Waals surface area contributed by atoms with E-state index in [4.69, 9.17) is 0 Å². The Morgan fingerprint density at radius 1 is 1.17 bits per heavy atom. The number of fused-ring (bicyclic) bond motifs is 1. The van der Waals surface area contributed by atoms with Gasteiger partial charge in [0, 0.05) is 18.0 Å². The average Bonchev–Trinajstić information content (AvgIpc) is 2.61. The highest BCUT2D eigenvalue weighted by molar-refractivity contribution is 5.91. The molecule has 0 unspecified atom stereocenters. The molecule has 2 aromatic carbocycles. The molecule has 0 saturated heterocycles. The Morgan fingerprint density at radius 3 is 2.62 bits per heavy atom. The predicted octanol–water partition coefficient (Wildman–Crippen LogP) is 3.67. The number of methoxy groups -OCH3 is 1. The fourth-order valence-corrected chi connectivity index (χ4v) is 2.32. The fourth-order valence-electron chi connectivity index (χ4n) is 2.32. The molecule has 7 nitrogen and oxygen atoms in total. The van der Waals surface area contributed by atoms with Gasteiger partial charge in [0.2, 0.25) is 5.82 Å². The van der Waals surface area contributed by atoms with E-state index in [0.717, 1.165) is 16.8 Å². The smallest absolute Gasteiger partial charge is 0.339 e. The summed E-state index contributed by atoms with van der Waals surface area (Å²) >= 11 is 0. The number of anilines is 2. The van der Waals surface area contributed by atoms with Crippen LogP contribution >= 0.6 is 0 Å². The van der Waals surface area contributed by atoms with Crippen molar-refractivity contribution in [3.8, 4) is 0 Å². The normalized spacial score (nSPS) is 10.4. The lowest BCUT2D eigenvalue weighted by Gasteiger charge is -2.08. The number of benzene rings is 2. The molecule has 0 amide bonds. The Kier molecular flexibility index (Phi) is 4.07. The summed E-state index contributed by atoms with van der Waals surface area (Å²) in [5.41, 5.74) is 0.384. The summed E-state index contributed by atoms with van der Waals surface area (Å²) in [7, 11) is 1.20. The van der Waals surface area contributed by atoms with E-state index in [1.165, 1.54) is 13.3 Å². The predicted molar refractivity (Wildman–Crippen MR) is 89.5 cm³/mol. The highest BCUT2D eigenvalue weighted by Gasteiger charge is 2.19. The molecule has 0 radical (unpaired) electrons. The summed E-state index contributed by atoms with van der Waals surface area (Å²) in [5.74, 6) is -0.620. The number of carbonyl (C=O) groups excluding carboxylic acids is 1. The van der Waals surface area contributed by atoms with Gasteiger partial charge in [-0.25, -0.2) is 9.78 Å². The molecule has 1 aromatic heterocycles.